The van der Waals surface area contributed by atoms with Crippen molar-refractivity contribution in [3.05, 3.63) is 38.3 Å². The van der Waals surface area contributed by atoms with E-state index in [0.717, 1.165) is 17.4 Å². The Bertz CT molecular complexity index is 588. The maximum absolute atomic E-state index is 12.0. The van der Waals surface area contributed by atoms with Gasteiger partial charge in [0.25, 0.3) is 0 Å². The smallest absolute Gasteiger partial charge is 0.336 e. The minimum atomic E-state index is -1.13. The molecule has 1 N–H and O–H groups in total. The summed E-state index contributed by atoms with van der Waals surface area (Å²) in [6, 6.07) is 0.377. The van der Waals surface area contributed by atoms with Crippen LogP contribution in [0, 0.1) is 23.0 Å². The SMILES string of the molecule is Cc1ccn([C@@H](CC2CC2)C(=O)O)c(=O)c1[N+](=O)[O-]. The lowest BCUT2D eigenvalue weighted by atomic mass is 10.1. The van der Waals surface area contributed by atoms with Gasteiger partial charge < -0.3 is 5.11 Å². The van der Waals surface area contributed by atoms with Gasteiger partial charge in [0, 0.05) is 11.8 Å². The first-order valence-electron chi connectivity index (χ1n) is 6.00. The van der Waals surface area contributed by atoms with Gasteiger partial charge in [0.1, 0.15) is 6.04 Å². The van der Waals surface area contributed by atoms with Crippen LogP contribution in [0.15, 0.2) is 17.1 Å². The lowest BCUT2D eigenvalue weighted by molar-refractivity contribution is -0.387. The summed E-state index contributed by atoms with van der Waals surface area (Å²) in [5.41, 5.74) is -1.16. The van der Waals surface area contributed by atoms with Gasteiger partial charge in [0.2, 0.25) is 0 Å². The zero-order chi connectivity index (χ0) is 14.2. The van der Waals surface area contributed by atoms with E-state index in [1.165, 1.54) is 19.2 Å². The van der Waals surface area contributed by atoms with Gasteiger partial charge in [0.15, 0.2) is 0 Å². The van der Waals surface area contributed by atoms with Crippen molar-refractivity contribution >= 4 is 11.7 Å². The van der Waals surface area contributed by atoms with E-state index < -0.39 is 28.2 Å². The van der Waals surface area contributed by atoms with Crippen LogP contribution in [-0.4, -0.2) is 20.6 Å². The third-order valence-corrected chi connectivity index (χ3v) is 3.35. The van der Waals surface area contributed by atoms with E-state index in [0.29, 0.717) is 12.3 Å². The molecule has 1 aliphatic carbocycles. The number of carbonyl (C=O) groups is 1. The van der Waals surface area contributed by atoms with Gasteiger partial charge in [0.05, 0.1) is 4.92 Å². The molecule has 0 amide bonds. The first-order valence-corrected chi connectivity index (χ1v) is 6.00. The van der Waals surface area contributed by atoms with Crippen LogP contribution < -0.4 is 5.56 Å². The van der Waals surface area contributed by atoms with Crippen LogP contribution in [0.25, 0.3) is 0 Å². The molecule has 0 radical (unpaired) electrons. The summed E-state index contributed by atoms with van der Waals surface area (Å²) in [7, 11) is 0. The molecule has 7 nitrogen and oxygen atoms in total. The lowest BCUT2D eigenvalue weighted by Crippen LogP contribution is -2.31. The first kappa shape index (κ1) is 13.3. The summed E-state index contributed by atoms with van der Waals surface area (Å²) in [6.45, 7) is 1.46. The van der Waals surface area contributed by atoms with Crippen LogP contribution in [0.1, 0.15) is 30.9 Å². The van der Waals surface area contributed by atoms with Gasteiger partial charge in [-0.1, -0.05) is 12.8 Å². The van der Waals surface area contributed by atoms with Crippen molar-refractivity contribution in [2.75, 3.05) is 0 Å². The molecule has 102 valence electrons. The van der Waals surface area contributed by atoms with E-state index in [2.05, 4.69) is 0 Å². The molecular weight excluding hydrogens is 252 g/mol. The predicted molar refractivity (Wildman–Crippen MR) is 66.1 cm³/mol. The van der Waals surface area contributed by atoms with Crippen LogP contribution in [0.2, 0.25) is 0 Å². The van der Waals surface area contributed by atoms with E-state index >= 15 is 0 Å². The van der Waals surface area contributed by atoms with Crippen LogP contribution in [0.4, 0.5) is 5.69 Å². The number of nitro groups is 1. The van der Waals surface area contributed by atoms with Crippen LogP contribution in [0.5, 0.6) is 0 Å². The Kier molecular flexibility index (Phi) is 3.37. The molecule has 1 fully saturated rings. The Labute approximate surface area is 108 Å². The Balaban J connectivity index is 2.47. The van der Waals surface area contributed by atoms with Crippen molar-refractivity contribution in [2.45, 2.75) is 32.2 Å². The molecular formula is C12H14N2O5. The normalized spacial score (nSPS) is 16.1. The van der Waals surface area contributed by atoms with E-state index in [4.69, 9.17) is 0 Å². The maximum Gasteiger partial charge on any atom is 0.336 e. The van der Waals surface area contributed by atoms with Gasteiger partial charge in [-0.3, -0.25) is 19.5 Å². The summed E-state index contributed by atoms with van der Waals surface area (Å²) >= 11 is 0. The Morgan fingerprint density at radius 1 is 1.63 bits per heavy atom. The number of rotatable bonds is 5. The maximum atomic E-state index is 12.0. The van der Waals surface area contributed by atoms with Crippen molar-refractivity contribution in [1.29, 1.82) is 0 Å². The van der Waals surface area contributed by atoms with Crippen LogP contribution >= 0.6 is 0 Å². The second kappa shape index (κ2) is 4.83. The number of pyridine rings is 1. The predicted octanol–water partition coefficient (Wildman–Crippen LogP) is 1.49. The second-order valence-corrected chi connectivity index (χ2v) is 4.85. The summed E-state index contributed by atoms with van der Waals surface area (Å²) in [6.07, 6.45) is 3.57. The molecule has 1 heterocycles. The highest BCUT2D eigenvalue weighted by Crippen LogP contribution is 2.36. The molecule has 2 rings (SSSR count). The summed E-state index contributed by atoms with van der Waals surface area (Å²) in [5.74, 6) is -0.833. The van der Waals surface area contributed by atoms with Crippen LogP contribution in [0.3, 0.4) is 0 Å². The lowest BCUT2D eigenvalue weighted by Gasteiger charge is -2.15. The number of nitrogens with zero attached hydrogens (tertiary/aromatic N) is 2. The Morgan fingerprint density at radius 3 is 2.74 bits per heavy atom. The van der Waals surface area contributed by atoms with Gasteiger partial charge >= 0.3 is 17.2 Å². The molecule has 1 saturated carbocycles. The molecule has 0 unspecified atom stereocenters. The number of carboxylic acid groups (broad SMARTS) is 1. The molecule has 1 aromatic rings. The van der Waals surface area contributed by atoms with Crippen molar-refractivity contribution < 1.29 is 14.8 Å². The van der Waals surface area contributed by atoms with Crippen molar-refractivity contribution in [3.8, 4) is 0 Å². The number of aliphatic carboxylic acids is 1. The molecule has 0 bridgehead atoms. The van der Waals surface area contributed by atoms with Crippen molar-refractivity contribution in [1.82, 2.24) is 4.57 Å². The first-order chi connectivity index (χ1) is 8.91. The number of aromatic nitrogens is 1. The Morgan fingerprint density at radius 2 is 2.26 bits per heavy atom. The van der Waals surface area contributed by atoms with Gasteiger partial charge in [-0.25, -0.2) is 4.79 Å². The number of aryl methyl sites for hydroxylation is 1. The van der Waals surface area contributed by atoms with Crippen molar-refractivity contribution in [2.24, 2.45) is 5.92 Å². The average molecular weight is 266 g/mol. The fraction of sp³-hybridized carbons (Fsp3) is 0.500. The van der Waals surface area contributed by atoms with Crippen molar-refractivity contribution in [3.63, 3.8) is 0 Å². The van der Waals surface area contributed by atoms with E-state index in [1.807, 2.05) is 0 Å². The Hall–Kier alpha value is -2.18. The molecule has 1 aliphatic rings. The van der Waals surface area contributed by atoms with Gasteiger partial charge in [-0.15, -0.1) is 0 Å². The van der Waals surface area contributed by atoms with E-state index in [9.17, 15) is 24.8 Å². The minimum Gasteiger partial charge on any atom is -0.480 e. The largest absolute Gasteiger partial charge is 0.480 e. The molecule has 7 heteroatoms. The highest BCUT2D eigenvalue weighted by atomic mass is 16.6. The molecule has 1 atom stereocenters. The average Bonchev–Trinajstić information content (AvgIpc) is 3.10. The zero-order valence-corrected chi connectivity index (χ0v) is 10.4. The molecule has 19 heavy (non-hydrogen) atoms. The van der Waals surface area contributed by atoms with E-state index in [-0.39, 0.29) is 5.56 Å². The zero-order valence-electron chi connectivity index (χ0n) is 10.4. The molecule has 0 spiro atoms. The van der Waals surface area contributed by atoms with Gasteiger partial charge in [-0.05, 0) is 25.3 Å². The highest BCUT2D eigenvalue weighted by Gasteiger charge is 2.32. The third kappa shape index (κ3) is 2.64. The summed E-state index contributed by atoms with van der Waals surface area (Å²) < 4.78 is 0.964. The number of carboxylic acids is 1. The second-order valence-electron chi connectivity index (χ2n) is 4.85. The monoisotopic (exact) mass is 266 g/mol. The molecule has 1 aromatic heterocycles. The van der Waals surface area contributed by atoms with E-state index in [1.54, 1.807) is 0 Å². The highest BCUT2D eigenvalue weighted by molar-refractivity contribution is 5.72. The third-order valence-electron chi connectivity index (χ3n) is 3.35. The van der Waals surface area contributed by atoms with Gasteiger partial charge in [-0.2, -0.15) is 0 Å². The standard InChI is InChI=1S/C12H14N2O5/c1-7-4-5-13(11(15)10(7)14(18)19)9(12(16)17)6-8-2-3-8/h4-5,8-9H,2-3,6H2,1H3,(H,16,17)/t9-/m0/s1. The summed E-state index contributed by atoms with van der Waals surface area (Å²) in [4.78, 5) is 33.4. The fourth-order valence-electron chi connectivity index (χ4n) is 2.10. The topological polar surface area (TPSA) is 102 Å². The number of hydrogen-bond donors (Lipinski definition) is 1. The molecule has 0 aromatic carbocycles. The minimum absolute atomic E-state index is 0.238. The number of hydrogen-bond acceptors (Lipinski definition) is 4. The molecule has 0 aliphatic heterocycles. The fourth-order valence-corrected chi connectivity index (χ4v) is 2.10. The molecule has 0 saturated heterocycles. The quantitative estimate of drug-likeness (QED) is 0.642. The summed E-state index contributed by atoms with van der Waals surface area (Å²) in [5, 5.41) is 20.1. The van der Waals surface area contributed by atoms with Crippen LogP contribution in [-0.2, 0) is 4.79 Å².